The Labute approximate surface area is 170 Å². The third kappa shape index (κ3) is 4.15. The van der Waals surface area contributed by atoms with Gasteiger partial charge in [-0.25, -0.2) is 4.79 Å². The molecule has 1 aromatic rings. The highest BCUT2D eigenvalue weighted by Crippen LogP contribution is 2.44. The van der Waals surface area contributed by atoms with Crippen LogP contribution in [-0.2, 0) is 23.8 Å². The summed E-state index contributed by atoms with van der Waals surface area (Å²) in [7, 11) is 4.31. The first-order valence-corrected chi connectivity index (χ1v) is 9.57. The molecule has 1 fully saturated rings. The summed E-state index contributed by atoms with van der Waals surface area (Å²) in [6, 6.07) is 7.39. The molecule has 0 radical (unpaired) electrons. The number of carbonyl (C=O) groups excluding carboxylic acids is 2. The van der Waals surface area contributed by atoms with Gasteiger partial charge in [-0.1, -0.05) is 12.1 Å². The Balaban J connectivity index is 2.16. The molecule has 0 saturated carbocycles. The third-order valence-electron chi connectivity index (χ3n) is 5.46. The van der Waals surface area contributed by atoms with Crippen LogP contribution >= 0.6 is 0 Å². The number of ether oxygens (including phenoxy) is 4. The molecule has 1 heterocycles. The monoisotopic (exact) mass is 401 g/mol. The Morgan fingerprint density at radius 2 is 1.69 bits per heavy atom. The summed E-state index contributed by atoms with van der Waals surface area (Å²) in [6.45, 7) is 4.40. The smallest absolute Gasteiger partial charge is 0.334 e. The SMILES string of the molecule is COC(=O)C1=C(C)C=C(N2CCOCC2)C(C(=O)OC)C1c1ccc(OC)cc1. The van der Waals surface area contributed by atoms with E-state index in [-0.39, 0.29) is 0 Å². The van der Waals surface area contributed by atoms with Crippen molar-refractivity contribution in [1.82, 2.24) is 4.90 Å². The van der Waals surface area contributed by atoms with Gasteiger partial charge in [0.1, 0.15) is 11.7 Å². The fourth-order valence-electron chi connectivity index (χ4n) is 4.03. The van der Waals surface area contributed by atoms with Crippen LogP contribution in [0.5, 0.6) is 5.75 Å². The number of carbonyl (C=O) groups is 2. The Kier molecular flexibility index (Phi) is 6.59. The molecule has 0 aromatic heterocycles. The predicted molar refractivity (Wildman–Crippen MR) is 106 cm³/mol. The lowest BCUT2D eigenvalue weighted by molar-refractivity contribution is -0.145. The number of nitrogens with zero attached hydrogens (tertiary/aromatic N) is 1. The van der Waals surface area contributed by atoms with E-state index >= 15 is 0 Å². The van der Waals surface area contributed by atoms with Crippen LogP contribution in [0.2, 0.25) is 0 Å². The Morgan fingerprint density at radius 1 is 1.03 bits per heavy atom. The van der Waals surface area contributed by atoms with Crippen LogP contribution in [0.25, 0.3) is 0 Å². The summed E-state index contributed by atoms with van der Waals surface area (Å²) in [6.07, 6.45) is 1.90. The number of hydrogen-bond donors (Lipinski definition) is 0. The van der Waals surface area contributed by atoms with Crippen LogP contribution in [0.1, 0.15) is 18.4 Å². The van der Waals surface area contributed by atoms with Crippen molar-refractivity contribution in [2.24, 2.45) is 5.92 Å². The first-order chi connectivity index (χ1) is 14.0. The molecule has 1 aliphatic heterocycles. The molecule has 1 aliphatic carbocycles. The third-order valence-corrected chi connectivity index (χ3v) is 5.46. The number of rotatable bonds is 5. The normalized spacial score (nSPS) is 22.1. The molecule has 3 rings (SSSR count). The van der Waals surface area contributed by atoms with E-state index in [1.807, 2.05) is 37.3 Å². The molecular formula is C22H27NO6. The van der Waals surface area contributed by atoms with Gasteiger partial charge in [-0.2, -0.15) is 0 Å². The molecule has 29 heavy (non-hydrogen) atoms. The van der Waals surface area contributed by atoms with Crippen LogP contribution in [0.3, 0.4) is 0 Å². The van der Waals surface area contributed by atoms with Gasteiger partial charge >= 0.3 is 11.9 Å². The number of methoxy groups -OCH3 is 3. The number of allylic oxidation sites excluding steroid dienone is 2. The molecule has 7 heteroatoms. The summed E-state index contributed by atoms with van der Waals surface area (Å²) in [4.78, 5) is 27.8. The lowest BCUT2D eigenvalue weighted by Gasteiger charge is -2.40. The van der Waals surface area contributed by atoms with E-state index in [1.54, 1.807) is 7.11 Å². The Morgan fingerprint density at radius 3 is 2.24 bits per heavy atom. The van der Waals surface area contributed by atoms with E-state index in [0.29, 0.717) is 37.6 Å². The molecule has 0 spiro atoms. The van der Waals surface area contributed by atoms with Crippen molar-refractivity contribution in [2.45, 2.75) is 12.8 Å². The summed E-state index contributed by atoms with van der Waals surface area (Å²) >= 11 is 0. The van der Waals surface area contributed by atoms with Crippen molar-refractivity contribution in [3.8, 4) is 5.75 Å². The standard InChI is InChI=1S/C22H27NO6/c1-14-13-17(23-9-11-29-12-10-23)20(22(25)28-4)19(18(14)21(24)27-3)15-5-7-16(26-2)8-6-15/h5-8,13,19-20H,9-12H2,1-4H3. The Hall–Kier alpha value is -2.80. The first kappa shape index (κ1) is 20.9. The molecule has 0 bridgehead atoms. The van der Waals surface area contributed by atoms with Crippen molar-refractivity contribution in [3.63, 3.8) is 0 Å². The predicted octanol–water partition coefficient (Wildman–Crippen LogP) is 2.29. The highest BCUT2D eigenvalue weighted by atomic mass is 16.5. The van der Waals surface area contributed by atoms with E-state index in [9.17, 15) is 9.59 Å². The maximum absolute atomic E-state index is 13.0. The summed E-state index contributed by atoms with van der Waals surface area (Å²) in [5, 5.41) is 0. The molecule has 0 amide bonds. The van der Waals surface area contributed by atoms with E-state index in [0.717, 1.165) is 16.8 Å². The topological polar surface area (TPSA) is 74.3 Å². The van der Waals surface area contributed by atoms with Gasteiger partial charge in [0.25, 0.3) is 0 Å². The zero-order valence-electron chi connectivity index (χ0n) is 17.3. The second-order valence-corrected chi connectivity index (χ2v) is 7.01. The molecule has 156 valence electrons. The lowest BCUT2D eigenvalue weighted by atomic mass is 9.73. The van der Waals surface area contributed by atoms with Gasteiger partial charge in [-0.3, -0.25) is 4.79 Å². The summed E-state index contributed by atoms with van der Waals surface area (Å²) < 4.78 is 21.0. The van der Waals surface area contributed by atoms with Crippen LogP contribution in [0, 0.1) is 5.92 Å². The molecular weight excluding hydrogens is 374 g/mol. The molecule has 1 aromatic carbocycles. The van der Waals surface area contributed by atoms with Gasteiger partial charge in [-0.15, -0.1) is 0 Å². The van der Waals surface area contributed by atoms with Crippen molar-refractivity contribution >= 4 is 11.9 Å². The van der Waals surface area contributed by atoms with E-state index < -0.39 is 23.8 Å². The maximum Gasteiger partial charge on any atom is 0.334 e. The molecule has 7 nitrogen and oxygen atoms in total. The second kappa shape index (κ2) is 9.13. The van der Waals surface area contributed by atoms with Gasteiger partial charge in [0.15, 0.2) is 0 Å². The summed E-state index contributed by atoms with van der Waals surface area (Å²) in [5.41, 5.74) is 2.90. The highest BCUT2D eigenvalue weighted by molar-refractivity contribution is 5.94. The second-order valence-electron chi connectivity index (χ2n) is 7.01. The fraction of sp³-hybridized carbons (Fsp3) is 0.455. The van der Waals surface area contributed by atoms with Crippen molar-refractivity contribution in [1.29, 1.82) is 0 Å². The van der Waals surface area contributed by atoms with Crippen LogP contribution in [0.4, 0.5) is 0 Å². The number of morpholine rings is 1. The van der Waals surface area contributed by atoms with E-state index in [2.05, 4.69) is 4.90 Å². The molecule has 0 N–H and O–H groups in total. The van der Waals surface area contributed by atoms with Crippen molar-refractivity contribution in [2.75, 3.05) is 47.6 Å². The Bertz CT molecular complexity index is 820. The van der Waals surface area contributed by atoms with E-state index in [1.165, 1.54) is 14.2 Å². The number of esters is 2. The minimum atomic E-state index is -0.663. The minimum absolute atomic E-state index is 0.391. The quantitative estimate of drug-likeness (QED) is 0.701. The van der Waals surface area contributed by atoms with Crippen molar-refractivity contribution < 1.29 is 28.5 Å². The minimum Gasteiger partial charge on any atom is -0.497 e. The molecule has 2 atom stereocenters. The maximum atomic E-state index is 13.0. The van der Waals surface area contributed by atoms with Gasteiger partial charge < -0.3 is 23.8 Å². The molecule has 1 saturated heterocycles. The van der Waals surface area contributed by atoms with Crippen LogP contribution in [0.15, 0.2) is 47.2 Å². The van der Waals surface area contributed by atoms with Gasteiger partial charge in [0.05, 0.1) is 34.5 Å². The van der Waals surface area contributed by atoms with E-state index in [4.69, 9.17) is 18.9 Å². The average Bonchev–Trinajstić information content (AvgIpc) is 2.78. The lowest BCUT2D eigenvalue weighted by Crippen LogP contribution is -2.43. The highest BCUT2D eigenvalue weighted by Gasteiger charge is 2.44. The largest absolute Gasteiger partial charge is 0.497 e. The van der Waals surface area contributed by atoms with Gasteiger partial charge in [-0.05, 0) is 36.3 Å². The zero-order chi connectivity index (χ0) is 21.0. The average molecular weight is 401 g/mol. The fourth-order valence-corrected chi connectivity index (χ4v) is 4.03. The first-order valence-electron chi connectivity index (χ1n) is 9.57. The van der Waals surface area contributed by atoms with Crippen LogP contribution < -0.4 is 4.74 Å². The number of benzene rings is 1. The zero-order valence-corrected chi connectivity index (χ0v) is 17.3. The van der Waals surface area contributed by atoms with Gasteiger partial charge in [0, 0.05) is 30.3 Å². The molecule has 2 aliphatic rings. The summed E-state index contributed by atoms with van der Waals surface area (Å²) in [5.74, 6) is -1.33. The molecule has 2 unspecified atom stereocenters. The van der Waals surface area contributed by atoms with Crippen LogP contribution in [-0.4, -0.2) is 64.5 Å². The number of hydrogen-bond acceptors (Lipinski definition) is 7. The van der Waals surface area contributed by atoms with Crippen molar-refractivity contribution in [3.05, 3.63) is 52.7 Å². The van der Waals surface area contributed by atoms with Gasteiger partial charge in [0.2, 0.25) is 0 Å².